The van der Waals surface area contributed by atoms with Crippen molar-refractivity contribution in [2.75, 3.05) is 19.8 Å². The first-order chi connectivity index (χ1) is 4.39. The third-order valence-electron chi connectivity index (χ3n) is 0.704. The lowest BCUT2D eigenvalue weighted by Gasteiger charge is -1.50. The van der Waals surface area contributed by atoms with Crippen LogP contribution in [0.1, 0.15) is 6.92 Å². The first kappa shape index (κ1) is 10.4. The van der Waals surface area contributed by atoms with E-state index in [4.69, 9.17) is 4.74 Å². The second-order valence-corrected chi connectivity index (χ2v) is 1.76. The zero-order chi connectivity index (χ0) is 7.11. The summed E-state index contributed by atoms with van der Waals surface area (Å²) in [4.78, 5) is 0. The van der Waals surface area contributed by atoms with E-state index in [0.29, 0.717) is 6.10 Å². The van der Waals surface area contributed by atoms with Gasteiger partial charge < -0.3 is 9.47 Å². The quantitative estimate of drug-likeness (QED) is 0.491. The van der Waals surface area contributed by atoms with Gasteiger partial charge in [-0.05, 0) is 6.92 Å². The van der Waals surface area contributed by atoms with Crippen LogP contribution in [0.3, 0.4) is 0 Å². The van der Waals surface area contributed by atoms with Crippen molar-refractivity contribution in [3.8, 4) is 0 Å². The summed E-state index contributed by atoms with van der Waals surface area (Å²) in [6.07, 6.45) is 0.583. The van der Waals surface area contributed by atoms with Crippen molar-refractivity contribution in [1.82, 2.24) is 0 Å². The van der Waals surface area contributed by atoms with Crippen LogP contribution in [0.5, 0.6) is 0 Å². The van der Waals surface area contributed by atoms with Gasteiger partial charge in [-0.2, -0.15) is 0 Å². The van der Waals surface area contributed by atoms with Gasteiger partial charge in [0.2, 0.25) is 0 Å². The smallest absolute Gasteiger partial charge is 0.0781 e. The first-order valence-electron chi connectivity index (χ1n) is 2.73. The van der Waals surface area contributed by atoms with E-state index >= 15 is 0 Å². The molecule has 2 heterocycles. The highest BCUT2D eigenvalue weighted by Gasteiger charge is 2.13. The molecule has 0 aromatic heterocycles. The lowest BCUT2D eigenvalue weighted by Crippen LogP contribution is -1.60. The monoisotopic (exact) mass is 356 g/mol. The molecule has 0 radical (unpaired) electrons. The van der Waals surface area contributed by atoms with Gasteiger partial charge in [-0.1, -0.05) is 0 Å². The molecule has 0 spiro atoms. The maximum Gasteiger partial charge on any atom is 0.0781 e. The number of halogens is 2. The van der Waals surface area contributed by atoms with Crippen molar-refractivity contribution in [3.63, 3.8) is 0 Å². The van der Waals surface area contributed by atoms with Crippen LogP contribution in [-0.2, 0) is 9.47 Å². The minimum absolute atomic E-state index is 0.583. The molecule has 2 saturated heterocycles. The van der Waals surface area contributed by atoms with E-state index < -0.39 is 0 Å². The fourth-order valence-electron chi connectivity index (χ4n) is 0.0962. The van der Waals surface area contributed by atoms with E-state index in [0.717, 1.165) is 19.8 Å². The van der Waals surface area contributed by atoms with Gasteiger partial charge in [-0.15, -0.1) is 0 Å². The number of ether oxygens (including phenoxy) is 2. The molecule has 1 unspecified atom stereocenters. The van der Waals surface area contributed by atoms with Gasteiger partial charge in [-0.3, -0.25) is 0 Å². The Labute approximate surface area is 79.0 Å². The molecule has 1 atom stereocenters. The highest BCUT2D eigenvalue weighted by atomic mass is 128. The lowest BCUT2D eigenvalue weighted by molar-refractivity contribution is 0.423. The van der Waals surface area contributed by atoms with Gasteiger partial charge in [0.25, 0.3) is 0 Å². The maximum atomic E-state index is 4.71. The number of epoxide rings is 2. The fraction of sp³-hybridized carbons (Fsp3) is 1.00. The van der Waals surface area contributed by atoms with Crippen LogP contribution in [-0.4, -0.2) is 25.9 Å². The summed E-state index contributed by atoms with van der Waals surface area (Å²) >= 11 is 4.24. The maximum absolute atomic E-state index is 4.71. The summed E-state index contributed by atoms with van der Waals surface area (Å²) in [7, 11) is 0. The molecule has 0 N–H and O–H groups in total. The molecule has 4 heteroatoms. The molecule has 2 fully saturated rings. The van der Waals surface area contributed by atoms with Crippen molar-refractivity contribution in [3.05, 3.63) is 0 Å². The normalized spacial score (nSPS) is 26.3. The summed E-state index contributed by atoms with van der Waals surface area (Å²) in [6, 6.07) is 0. The molecule has 2 aliphatic rings. The third kappa shape index (κ3) is 17.7. The Bertz CT molecular complexity index is 52.2. The van der Waals surface area contributed by atoms with Crippen LogP contribution in [0.25, 0.3) is 0 Å². The molecule has 2 aliphatic heterocycles. The van der Waals surface area contributed by atoms with Crippen LogP contribution in [0.4, 0.5) is 0 Å². The molecule has 9 heavy (non-hydrogen) atoms. The van der Waals surface area contributed by atoms with Crippen LogP contribution in [0, 0.1) is 0 Å². The van der Waals surface area contributed by atoms with Crippen molar-refractivity contribution in [2.45, 2.75) is 13.0 Å². The summed E-state index contributed by atoms with van der Waals surface area (Å²) in [5.41, 5.74) is 0. The topological polar surface area (TPSA) is 25.1 Å². The van der Waals surface area contributed by atoms with E-state index in [1.807, 2.05) is 0 Å². The molecular formula is C5H10I2O2. The van der Waals surface area contributed by atoms with Gasteiger partial charge in [0, 0.05) is 37.2 Å². The van der Waals surface area contributed by atoms with Crippen molar-refractivity contribution in [1.29, 1.82) is 0 Å². The zero-order valence-corrected chi connectivity index (χ0v) is 9.59. The number of hydrogen-bond acceptors (Lipinski definition) is 2. The Morgan fingerprint density at radius 3 is 1.56 bits per heavy atom. The Morgan fingerprint density at radius 1 is 1.33 bits per heavy atom. The van der Waals surface area contributed by atoms with Crippen LogP contribution >= 0.6 is 37.2 Å². The Morgan fingerprint density at radius 2 is 1.56 bits per heavy atom. The zero-order valence-electron chi connectivity index (χ0n) is 5.27. The highest BCUT2D eigenvalue weighted by molar-refractivity contribution is 15.0. The van der Waals surface area contributed by atoms with Crippen molar-refractivity contribution in [2.24, 2.45) is 0 Å². The standard InChI is InChI=1S/C3H6O.C2H4O.I2/c1-3-2-4-3;1-2-3-1;1-2/h3H,2H2,1H3;1-2H2;. The molecule has 0 bridgehead atoms. The van der Waals surface area contributed by atoms with Gasteiger partial charge >= 0.3 is 0 Å². The second-order valence-electron chi connectivity index (χ2n) is 1.76. The summed E-state index contributed by atoms with van der Waals surface area (Å²) in [5, 5.41) is 0. The predicted octanol–water partition coefficient (Wildman–Crippen LogP) is 2.19. The minimum atomic E-state index is 0.583. The highest BCUT2D eigenvalue weighted by Crippen LogP contribution is 2.04. The summed E-state index contributed by atoms with van der Waals surface area (Å²) in [5.74, 6) is 0. The van der Waals surface area contributed by atoms with E-state index in [-0.39, 0.29) is 0 Å². The summed E-state index contributed by atoms with van der Waals surface area (Å²) in [6.45, 7) is 5.04. The molecule has 2 nitrogen and oxygen atoms in total. The van der Waals surface area contributed by atoms with Gasteiger partial charge in [0.15, 0.2) is 0 Å². The summed E-state index contributed by atoms with van der Waals surface area (Å²) < 4.78 is 9.21. The molecular weight excluding hydrogens is 346 g/mol. The van der Waals surface area contributed by atoms with Gasteiger partial charge in [-0.25, -0.2) is 0 Å². The second kappa shape index (κ2) is 7.49. The van der Waals surface area contributed by atoms with Crippen LogP contribution < -0.4 is 0 Å². The molecule has 56 valence electrons. The van der Waals surface area contributed by atoms with E-state index in [1.165, 1.54) is 0 Å². The SMILES string of the molecule is C1CO1.CC1CO1.II. The Hall–Kier alpha value is 1.38. The first-order valence-corrected chi connectivity index (χ1v) is 9.02. The number of hydrogen-bond donors (Lipinski definition) is 0. The predicted molar refractivity (Wildman–Crippen MR) is 54.3 cm³/mol. The van der Waals surface area contributed by atoms with Gasteiger partial charge in [0.05, 0.1) is 25.9 Å². The number of rotatable bonds is 0. The van der Waals surface area contributed by atoms with E-state index in [2.05, 4.69) is 48.9 Å². The minimum Gasteiger partial charge on any atom is -0.377 e. The van der Waals surface area contributed by atoms with Crippen molar-refractivity contribution < 1.29 is 9.47 Å². The fourth-order valence-corrected chi connectivity index (χ4v) is 0.0962. The van der Waals surface area contributed by atoms with E-state index in [9.17, 15) is 0 Å². The average Bonchev–Trinajstić information content (AvgIpc) is 2.67. The third-order valence-corrected chi connectivity index (χ3v) is 0.704. The molecule has 2 rings (SSSR count). The van der Waals surface area contributed by atoms with Crippen LogP contribution in [0.15, 0.2) is 0 Å². The Kier molecular flexibility index (Phi) is 8.63. The molecule has 0 aromatic rings. The molecule has 0 aliphatic carbocycles. The molecule has 0 aromatic carbocycles. The average molecular weight is 356 g/mol. The van der Waals surface area contributed by atoms with Crippen LogP contribution in [0.2, 0.25) is 0 Å². The lowest BCUT2D eigenvalue weighted by atomic mass is 10.6. The van der Waals surface area contributed by atoms with Gasteiger partial charge in [0.1, 0.15) is 0 Å². The van der Waals surface area contributed by atoms with Crippen molar-refractivity contribution >= 4 is 37.2 Å². The molecule has 0 amide bonds. The largest absolute Gasteiger partial charge is 0.377 e. The van der Waals surface area contributed by atoms with E-state index in [1.54, 1.807) is 0 Å². The molecule has 0 saturated carbocycles. The Balaban J connectivity index is 0.000000115.